The number of anilines is 1. The molecule has 134 valence electrons. The van der Waals surface area contributed by atoms with Gasteiger partial charge in [0, 0.05) is 49.5 Å². The molecule has 2 aromatic rings. The molecule has 1 atom stereocenters. The Balaban J connectivity index is 1.70. The van der Waals surface area contributed by atoms with Crippen molar-refractivity contribution in [3.8, 4) is 0 Å². The lowest BCUT2D eigenvalue weighted by Crippen LogP contribution is -2.33. The normalized spacial score (nSPS) is 21.2. The van der Waals surface area contributed by atoms with E-state index in [1.807, 2.05) is 6.20 Å². The van der Waals surface area contributed by atoms with Crippen LogP contribution in [0, 0.1) is 0 Å². The summed E-state index contributed by atoms with van der Waals surface area (Å²) in [6.45, 7) is 3.20. The molecule has 0 unspecified atom stereocenters. The van der Waals surface area contributed by atoms with Gasteiger partial charge >= 0.3 is 0 Å². The first-order valence-electron chi connectivity index (χ1n) is 8.56. The fourth-order valence-corrected chi connectivity index (χ4v) is 4.42. The fraction of sp³-hybridized carbons (Fsp3) is 0.562. The van der Waals surface area contributed by atoms with Gasteiger partial charge in [-0.15, -0.1) is 0 Å². The van der Waals surface area contributed by atoms with Crippen LogP contribution < -0.4 is 10.2 Å². The molecule has 0 bridgehead atoms. The molecule has 0 saturated carbocycles. The Bertz CT molecular complexity index is 873. The average Bonchev–Trinajstić information content (AvgIpc) is 3.09. The van der Waals surface area contributed by atoms with E-state index < -0.39 is 9.84 Å². The van der Waals surface area contributed by atoms with Crippen molar-refractivity contribution in [1.82, 2.24) is 25.5 Å². The number of aromatic amines is 1. The molecule has 9 heteroatoms. The largest absolute Gasteiger partial charge is 0.336 e. The Hall–Kier alpha value is -2.00. The highest BCUT2D eigenvalue weighted by Gasteiger charge is 2.27. The monoisotopic (exact) mass is 362 g/mol. The predicted octanol–water partition coefficient (Wildman–Crippen LogP) is 0.633. The summed E-state index contributed by atoms with van der Waals surface area (Å²) in [5.74, 6) is 0.703. The van der Waals surface area contributed by atoms with Crippen molar-refractivity contribution < 1.29 is 8.42 Å². The van der Waals surface area contributed by atoms with Crippen LogP contribution in [0.25, 0.3) is 0 Å². The van der Waals surface area contributed by atoms with Gasteiger partial charge in [-0.3, -0.25) is 5.10 Å². The van der Waals surface area contributed by atoms with E-state index >= 15 is 0 Å². The van der Waals surface area contributed by atoms with E-state index in [4.69, 9.17) is 4.98 Å². The summed E-state index contributed by atoms with van der Waals surface area (Å²) in [4.78, 5) is 11.4. The number of H-pyrrole nitrogens is 1. The van der Waals surface area contributed by atoms with Gasteiger partial charge in [0.1, 0.15) is 4.90 Å². The lowest BCUT2D eigenvalue weighted by atomic mass is 9.96. The highest BCUT2D eigenvalue weighted by Crippen LogP contribution is 2.29. The zero-order chi connectivity index (χ0) is 17.4. The highest BCUT2D eigenvalue weighted by atomic mass is 32.2. The highest BCUT2D eigenvalue weighted by molar-refractivity contribution is 7.90. The fourth-order valence-electron chi connectivity index (χ4n) is 3.58. The topological polar surface area (TPSA) is 104 Å². The summed E-state index contributed by atoms with van der Waals surface area (Å²) in [5, 5.41) is 10.4. The summed E-state index contributed by atoms with van der Waals surface area (Å²) in [6.07, 6.45) is 7.36. The molecule has 1 saturated heterocycles. The van der Waals surface area contributed by atoms with Crippen LogP contribution in [0.2, 0.25) is 0 Å². The Morgan fingerprint density at radius 3 is 2.96 bits per heavy atom. The molecule has 2 aliphatic rings. The molecule has 2 aliphatic heterocycles. The van der Waals surface area contributed by atoms with Gasteiger partial charge in [-0.05, 0) is 19.4 Å². The molecule has 0 aromatic carbocycles. The molecular formula is C16H22N6O2S. The molecule has 1 fully saturated rings. The van der Waals surface area contributed by atoms with Crippen molar-refractivity contribution in [2.24, 2.45) is 0 Å². The third-order valence-electron chi connectivity index (χ3n) is 4.94. The quantitative estimate of drug-likeness (QED) is 0.825. The summed E-state index contributed by atoms with van der Waals surface area (Å²) in [6, 6.07) is 0. The smallest absolute Gasteiger partial charge is 0.225 e. The number of nitrogens with one attached hydrogen (secondary N) is 2. The van der Waals surface area contributed by atoms with Crippen LogP contribution in [0.15, 0.2) is 17.3 Å². The standard InChI is InChI=1S/C16H22N6O2S/c1-25(23,24)14-9-18-16(20-15(14)11-3-2-5-17-7-11)22-6-4-13-12(10-22)8-19-21-13/h8-9,11,17H,2-7,10H2,1H3,(H,19,21)/t11-/m0/s1. The number of nitrogens with zero attached hydrogens (tertiary/aromatic N) is 4. The van der Waals surface area contributed by atoms with Gasteiger partial charge in [0.15, 0.2) is 9.84 Å². The van der Waals surface area contributed by atoms with Crippen molar-refractivity contribution in [3.63, 3.8) is 0 Å². The number of aromatic nitrogens is 4. The summed E-state index contributed by atoms with van der Waals surface area (Å²) >= 11 is 0. The number of rotatable bonds is 3. The molecule has 4 rings (SSSR count). The average molecular weight is 362 g/mol. The Morgan fingerprint density at radius 1 is 1.32 bits per heavy atom. The van der Waals surface area contributed by atoms with E-state index in [0.29, 0.717) is 18.2 Å². The number of fused-ring (bicyclic) bond motifs is 1. The first kappa shape index (κ1) is 16.5. The van der Waals surface area contributed by atoms with Gasteiger partial charge < -0.3 is 10.2 Å². The SMILES string of the molecule is CS(=O)(=O)c1cnc(N2CCc3[nH]ncc3C2)nc1[C@H]1CCCNC1. The van der Waals surface area contributed by atoms with Crippen molar-refractivity contribution in [2.75, 3.05) is 30.8 Å². The minimum absolute atomic E-state index is 0.106. The van der Waals surface area contributed by atoms with Crippen molar-refractivity contribution >= 4 is 15.8 Å². The van der Waals surface area contributed by atoms with E-state index in [1.54, 1.807) is 0 Å². The molecule has 2 aromatic heterocycles. The van der Waals surface area contributed by atoms with Crippen molar-refractivity contribution in [2.45, 2.75) is 36.6 Å². The predicted molar refractivity (Wildman–Crippen MR) is 93.3 cm³/mol. The lowest BCUT2D eigenvalue weighted by molar-refractivity contribution is 0.447. The van der Waals surface area contributed by atoms with Crippen LogP contribution in [0.4, 0.5) is 5.95 Å². The minimum atomic E-state index is -3.36. The van der Waals surface area contributed by atoms with E-state index in [1.165, 1.54) is 12.5 Å². The molecule has 0 spiro atoms. The Labute approximate surface area is 147 Å². The third kappa shape index (κ3) is 3.25. The van der Waals surface area contributed by atoms with Gasteiger partial charge in [0.25, 0.3) is 0 Å². The molecule has 4 heterocycles. The second-order valence-corrected chi connectivity index (χ2v) is 8.76. The van der Waals surface area contributed by atoms with Crippen LogP contribution in [0.3, 0.4) is 0 Å². The van der Waals surface area contributed by atoms with Crippen LogP contribution in [0.5, 0.6) is 0 Å². The summed E-state index contributed by atoms with van der Waals surface area (Å²) in [7, 11) is -3.36. The van der Waals surface area contributed by atoms with E-state index in [0.717, 1.165) is 50.2 Å². The van der Waals surface area contributed by atoms with Gasteiger partial charge in [0.05, 0.1) is 18.1 Å². The molecular weight excluding hydrogens is 340 g/mol. The maximum absolute atomic E-state index is 12.2. The first-order chi connectivity index (χ1) is 12.0. The number of sulfone groups is 1. The van der Waals surface area contributed by atoms with E-state index in [-0.39, 0.29) is 10.8 Å². The number of hydrogen-bond donors (Lipinski definition) is 2. The van der Waals surface area contributed by atoms with Gasteiger partial charge in [-0.25, -0.2) is 18.4 Å². The number of piperidine rings is 1. The molecule has 0 aliphatic carbocycles. The number of hydrogen-bond acceptors (Lipinski definition) is 7. The Kier molecular flexibility index (Phi) is 4.20. The van der Waals surface area contributed by atoms with Gasteiger partial charge in [0.2, 0.25) is 5.95 Å². The molecule has 8 nitrogen and oxygen atoms in total. The zero-order valence-corrected chi connectivity index (χ0v) is 15.0. The van der Waals surface area contributed by atoms with Crippen molar-refractivity contribution in [1.29, 1.82) is 0 Å². The second kappa shape index (κ2) is 6.38. The van der Waals surface area contributed by atoms with E-state index in [9.17, 15) is 8.42 Å². The van der Waals surface area contributed by atoms with Crippen molar-refractivity contribution in [3.05, 3.63) is 29.3 Å². The molecule has 25 heavy (non-hydrogen) atoms. The van der Waals surface area contributed by atoms with Crippen LogP contribution in [-0.2, 0) is 22.8 Å². The van der Waals surface area contributed by atoms with Crippen LogP contribution >= 0.6 is 0 Å². The maximum Gasteiger partial charge on any atom is 0.225 e. The lowest BCUT2D eigenvalue weighted by Gasteiger charge is -2.29. The summed E-state index contributed by atoms with van der Waals surface area (Å²) < 4.78 is 24.4. The summed E-state index contributed by atoms with van der Waals surface area (Å²) in [5.41, 5.74) is 2.95. The minimum Gasteiger partial charge on any atom is -0.336 e. The zero-order valence-electron chi connectivity index (χ0n) is 14.2. The second-order valence-electron chi connectivity index (χ2n) is 6.78. The molecule has 0 radical (unpaired) electrons. The molecule has 0 amide bonds. The van der Waals surface area contributed by atoms with Gasteiger partial charge in [-0.2, -0.15) is 5.10 Å². The Morgan fingerprint density at radius 2 is 2.20 bits per heavy atom. The first-order valence-corrected chi connectivity index (χ1v) is 10.5. The van der Waals surface area contributed by atoms with E-state index in [2.05, 4.69) is 25.4 Å². The molecule has 2 N–H and O–H groups in total. The maximum atomic E-state index is 12.2. The van der Waals surface area contributed by atoms with Crippen LogP contribution in [0.1, 0.15) is 35.7 Å². The van der Waals surface area contributed by atoms with Crippen LogP contribution in [-0.4, -0.2) is 54.5 Å². The van der Waals surface area contributed by atoms with Gasteiger partial charge in [-0.1, -0.05) is 0 Å². The third-order valence-corrected chi connectivity index (χ3v) is 6.05.